The van der Waals surface area contributed by atoms with Crippen LogP contribution in [0.25, 0.3) is 0 Å². The summed E-state index contributed by atoms with van der Waals surface area (Å²) in [5.41, 5.74) is 0.788. The molecule has 88 valence electrons. The molecule has 4 heteroatoms. The van der Waals surface area contributed by atoms with Crippen molar-refractivity contribution in [1.82, 2.24) is 5.32 Å². The molecular formula is C12H16BrNOS. The molecule has 16 heavy (non-hydrogen) atoms. The van der Waals surface area contributed by atoms with Gasteiger partial charge in [0.2, 0.25) is 0 Å². The van der Waals surface area contributed by atoms with Crippen LogP contribution in [0.15, 0.2) is 16.8 Å². The number of carbonyl (C=O) groups excluding carboxylic acids is 1. The average Bonchev–Trinajstić information content (AvgIpc) is 2.79. The third-order valence-electron chi connectivity index (χ3n) is 3.05. The smallest absolute Gasteiger partial charge is 0.252 e. The Labute approximate surface area is 109 Å². The van der Waals surface area contributed by atoms with Crippen LogP contribution in [-0.2, 0) is 0 Å². The Morgan fingerprint density at radius 2 is 2.44 bits per heavy atom. The Hall–Kier alpha value is -0.350. The molecule has 2 nitrogen and oxygen atoms in total. The van der Waals surface area contributed by atoms with Gasteiger partial charge >= 0.3 is 0 Å². The van der Waals surface area contributed by atoms with E-state index in [1.807, 2.05) is 16.8 Å². The first-order valence-corrected chi connectivity index (χ1v) is 7.56. The number of carbonyl (C=O) groups is 1. The zero-order chi connectivity index (χ0) is 11.4. The topological polar surface area (TPSA) is 29.1 Å². The van der Waals surface area contributed by atoms with E-state index in [1.165, 1.54) is 25.7 Å². The lowest BCUT2D eigenvalue weighted by atomic mass is 9.89. The monoisotopic (exact) mass is 301 g/mol. The summed E-state index contributed by atoms with van der Waals surface area (Å²) in [5, 5.41) is 6.85. The van der Waals surface area contributed by atoms with Crippen LogP contribution >= 0.6 is 27.3 Å². The van der Waals surface area contributed by atoms with Crippen LogP contribution in [0.4, 0.5) is 0 Å². The number of halogens is 1. The zero-order valence-corrected chi connectivity index (χ0v) is 11.5. The summed E-state index contributed by atoms with van der Waals surface area (Å²) in [6.45, 7) is 0.816. The second kappa shape index (κ2) is 5.82. The SMILES string of the molecule is O=C(NCC1CCCC(Br)C1)c1ccsc1. The summed E-state index contributed by atoms with van der Waals surface area (Å²) in [6, 6.07) is 1.87. The maximum absolute atomic E-state index is 11.7. The Morgan fingerprint density at radius 1 is 1.56 bits per heavy atom. The van der Waals surface area contributed by atoms with E-state index in [0.717, 1.165) is 12.1 Å². The van der Waals surface area contributed by atoms with Crippen molar-refractivity contribution in [3.8, 4) is 0 Å². The van der Waals surface area contributed by atoms with Gasteiger partial charge in [-0.25, -0.2) is 0 Å². The molecule has 1 aliphatic carbocycles. The summed E-state index contributed by atoms with van der Waals surface area (Å²) in [6.07, 6.45) is 4.97. The number of thiophene rings is 1. The number of nitrogens with one attached hydrogen (secondary N) is 1. The molecule has 0 aromatic carbocycles. The highest BCUT2D eigenvalue weighted by Crippen LogP contribution is 2.28. The van der Waals surface area contributed by atoms with Gasteiger partial charge in [-0.1, -0.05) is 22.4 Å². The fourth-order valence-electron chi connectivity index (χ4n) is 2.14. The van der Waals surface area contributed by atoms with Crippen LogP contribution in [0.1, 0.15) is 36.0 Å². The molecule has 2 unspecified atom stereocenters. The minimum atomic E-state index is 0.0675. The Morgan fingerprint density at radius 3 is 3.12 bits per heavy atom. The third-order valence-corrected chi connectivity index (χ3v) is 4.57. The molecule has 1 amide bonds. The molecule has 0 aliphatic heterocycles. The highest BCUT2D eigenvalue weighted by Gasteiger charge is 2.20. The molecule has 1 aliphatic rings. The van der Waals surface area contributed by atoms with Crippen molar-refractivity contribution < 1.29 is 4.79 Å². The van der Waals surface area contributed by atoms with Gasteiger partial charge in [0.05, 0.1) is 0 Å². The number of hydrogen-bond acceptors (Lipinski definition) is 2. The van der Waals surface area contributed by atoms with Crippen molar-refractivity contribution >= 4 is 33.2 Å². The maximum atomic E-state index is 11.7. The van der Waals surface area contributed by atoms with Crippen molar-refractivity contribution in [2.24, 2.45) is 5.92 Å². The highest BCUT2D eigenvalue weighted by molar-refractivity contribution is 9.09. The normalized spacial score (nSPS) is 25.3. The van der Waals surface area contributed by atoms with E-state index in [1.54, 1.807) is 11.3 Å². The van der Waals surface area contributed by atoms with Crippen LogP contribution in [0.5, 0.6) is 0 Å². The van der Waals surface area contributed by atoms with E-state index in [4.69, 9.17) is 0 Å². The van der Waals surface area contributed by atoms with Gasteiger partial charge in [-0.15, -0.1) is 0 Å². The van der Waals surface area contributed by atoms with Crippen LogP contribution in [0, 0.1) is 5.92 Å². The summed E-state index contributed by atoms with van der Waals surface area (Å²) in [5.74, 6) is 0.707. The first kappa shape index (κ1) is 12.1. The van der Waals surface area contributed by atoms with Gasteiger partial charge in [0.1, 0.15) is 0 Å². The van der Waals surface area contributed by atoms with Gasteiger partial charge in [-0.3, -0.25) is 4.79 Å². The van der Waals surface area contributed by atoms with E-state index in [0.29, 0.717) is 10.7 Å². The summed E-state index contributed by atoms with van der Waals surface area (Å²) >= 11 is 5.22. The molecule has 1 aromatic heterocycles. The molecule has 0 radical (unpaired) electrons. The summed E-state index contributed by atoms with van der Waals surface area (Å²) < 4.78 is 0. The second-order valence-corrected chi connectivity index (χ2v) is 6.43. The van der Waals surface area contributed by atoms with Gasteiger partial charge in [-0.05, 0) is 36.6 Å². The number of hydrogen-bond donors (Lipinski definition) is 1. The molecule has 1 aromatic rings. The van der Waals surface area contributed by atoms with Crippen molar-refractivity contribution in [2.45, 2.75) is 30.5 Å². The fourth-order valence-corrected chi connectivity index (χ4v) is 3.63. The number of rotatable bonds is 3. The first-order chi connectivity index (χ1) is 7.75. The molecule has 1 heterocycles. The molecule has 0 spiro atoms. The van der Waals surface area contributed by atoms with Gasteiger partial charge in [0, 0.05) is 22.3 Å². The standard InChI is InChI=1S/C12H16BrNOS/c13-11-3-1-2-9(6-11)7-14-12(15)10-4-5-16-8-10/h4-5,8-9,11H,1-3,6-7H2,(H,14,15). The van der Waals surface area contributed by atoms with E-state index in [9.17, 15) is 4.79 Å². The minimum absolute atomic E-state index is 0.0675. The largest absolute Gasteiger partial charge is 0.352 e. The predicted octanol–water partition coefficient (Wildman–Crippen LogP) is 3.43. The molecular weight excluding hydrogens is 286 g/mol. The van der Waals surface area contributed by atoms with E-state index in [-0.39, 0.29) is 5.91 Å². The van der Waals surface area contributed by atoms with Crippen LogP contribution in [-0.4, -0.2) is 17.3 Å². The Bertz CT molecular complexity index is 339. The van der Waals surface area contributed by atoms with E-state index in [2.05, 4.69) is 21.2 Å². The lowest BCUT2D eigenvalue weighted by Crippen LogP contribution is -2.31. The van der Waals surface area contributed by atoms with Gasteiger partial charge in [0.25, 0.3) is 5.91 Å². The zero-order valence-electron chi connectivity index (χ0n) is 9.12. The van der Waals surface area contributed by atoms with Crippen molar-refractivity contribution in [2.75, 3.05) is 6.54 Å². The number of alkyl halides is 1. The first-order valence-electron chi connectivity index (χ1n) is 5.70. The highest BCUT2D eigenvalue weighted by atomic mass is 79.9. The molecule has 1 fully saturated rings. The fraction of sp³-hybridized carbons (Fsp3) is 0.583. The second-order valence-electron chi connectivity index (χ2n) is 4.35. The summed E-state index contributed by atoms with van der Waals surface area (Å²) in [4.78, 5) is 12.4. The lowest BCUT2D eigenvalue weighted by molar-refractivity contribution is 0.0944. The molecule has 2 rings (SSSR count). The quantitative estimate of drug-likeness (QED) is 0.852. The van der Waals surface area contributed by atoms with Crippen molar-refractivity contribution in [1.29, 1.82) is 0 Å². The van der Waals surface area contributed by atoms with Gasteiger partial charge in [-0.2, -0.15) is 11.3 Å². The van der Waals surface area contributed by atoms with Gasteiger partial charge in [0.15, 0.2) is 0 Å². The van der Waals surface area contributed by atoms with Gasteiger partial charge < -0.3 is 5.32 Å². The predicted molar refractivity (Wildman–Crippen MR) is 71.3 cm³/mol. The van der Waals surface area contributed by atoms with Crippen LogP contribution < -0.4 is 5.32 Å². The molecule has 1 saturated carbocycles. The molecule has 1 N–H and O–H groups in total. The lowest BCUT2D eigenvalue weighted by Gasteiger charge is -2.25. The van der Waals surface area contributed by atoms with Crippen molar-refractivity contribution in [3.63, 3.8) is 0 Å². The number of amides is 1. The van der Waals surface area contributed by atoms with E-state index >= 15 is 0 Å². The minimum Gasteiger partial charge on any atom is -0.352 e. The third kappa shape index (κ3) is 3.32. The summed E-state index contributed by atoms with van der Waals surface area (Å²) in [7, 11) is 0. The molecule has 0 bridgehead atoms. The molecule has 2 atom stereocenters. The van der Waals surface area contributed by atoms with Crippen LogP contribution in [0.2, 0.25) is 0 Å². The van der Waals surface area contributed by atoms with E-state index < -0.39 is 0 Å². The Balaban J connectivity index is 1.77. The molecule has 0 saturated heterocycles. The maximum Gasteiger partial charge on any atom is 0.252 e. The van der Waals surface area contributed by atoms with Crippen LogP contribution in [0.3, 0.4) is 0 Å². The Kier molecular flexibility index (Phi) is 4.41. The average molecular weight is 302 g/mol. The van der Waals surface area contributed by atoms with Crippen molar-refractivity contribution in [3.05, 3.63) is 22.4 Å².